The molecule has 0 radical (unpaired) electrons. The molecule has 5 N–H and O–H groups in total. The van der Waals surface area contributed by atoms with E-state index in [1.807, 2.05) is 13.8 Å². The standard InChI is InChI=1S/C25H31N5O6S/c1-13(2)10-11-28-24(32)21(17-9-6-14(3)36-17)30(16-8-7-15(34-4)12-18(16)35-5)25(33)22-19(26)20(23(27)31)29-37-22/h6-9,12-13,21H,10-11,26H2,1-5H3,(H2,27,31)(H,28,32). The molecule has 0 saturated carbocycles. The van der Waals surface area contributed by atoms with Gasteiger partial charge in [-0.3, -0.25) is 19.3 Å². The van der Waals surface area contributed by atoms with Crippen LogP contribution in [0.1, 0.15) is 58.0 Å². The van der Waals surface area contributed by atoms with E-state index in [-0.39, 0.29) is 33.5 Å². The van der Waals surface area contributed by atoms with Gasteiger partial charge in [0, 0.05) is 12.6 Å². The first-order valence-electron chi connectivity index (χ1n) is 11.5. The van der Waals surface area contributed by atoms with E-state index in [2.05, 4.69) is 9.69 Å². The zero-order chi connectivity index (χ0) is 27.3. The first-order chi connectivity index (χ1) is 17.6. The fraction of sp³-hybridized carbons (Fsp3) is 0.360. The number of aromatic nitrogens is 1. The summed E-state index contributed by atoms with van der Waals surface area (Å²) in [5, 5.41) is 2.90. The minimum Gasteiger partial charge on any atom is -0.497 e. The molecule has 0 spiro atoms. The molecule has 0 bridgehead atoms. The van der Waals surface area contributed by atoms with Crippen molar-refractivity contribution in [3.63, 3.8) is 0 Å². The number of benzene rings is 1. The highest BCUT2D eigenvalue weighted by atomic mass is 32.1. The Labute approximate surface area is 218 Å². The molecule has 0 saturated heterocycles. The monoisotopic (exact) mass is 529 g/mol. The number of carbonyl (C=O) groups is 3. The van der Waals surface area contributed by atoms with E-state index in [0.29, 0.717) is 35.5 Å². The molecule has 3 aromatic rings. The van der Waals surface area contributed by atoms with Crippen LogP contribution in [0.15, 0.2) is 34.7 Å². The lowest BCUT2D eigenvalue weighted by molar-refractivity contribution is -0.122. The highest BCUT2D eigenvalue weighted by molar-refractivity contribution is 7.09. The Hall–Kier alpha value is -4.06. The molecule has 0 aliphatic rings. The van der Waals surface area contributed by atoms with Crippen molar-refractivity contribution in [3.05, 3.63) is 52.4 Å². The van der Waals surface area contributed by atoms with Crippen LogP contribution in [0.2, 0.25) is 0 Å². The zero-order valence-corrected chi connectivity index (χ0v) is 22.2. The number of hydrogen-bond acceptors (Lipinski definition) is 9. The highest BCUT2D eigenvalue weighted by Gasteiger charge is 2.39. The third-order valence-electron chi connectivity index (χ3n) is 5.58. The Morgan fingerprint density at radius 2 is 1.89 bits per heavy atom. The van der Waals surface area contributed by atoms with Crippen LogP contribution in [0.5, 0.6) is 11.5 Å². The van der Waals surface area contributed by atoms with Crippen LogP contribution >= 0.6 is 11.5 Å². The lowest BCUT2D eigenvalue weighted by Gasteiger charge is -2.31. The van der Waals surface area contributed by atoms with Gasteiger partial charge in [-0.1, -0.05) is 13.8 Å². The lowest BCUT2D eigenvalue weighted by atomic mass is 10.1. The van der Waals surface area contributed by atoms with Gasteiger partial charge in [-0.15, -0.1) is 0 Å². The van der Waals surface area contributed by atoms with E-state index >= 15 is 0 Å². The number of rotatable bonds is 11. The van der Waals surface area contributed by atoms with Crippen LogP contribution in [0, 0.1) is 12.8 Å². The number of carbonyl (C=O) groups excluding carboxylic acids is 3. The number of methoxy groups -OCH3 is 2. The van der Waals surface area contributed by atoms with Crippen LogP contribution in [0.25, 0.3) is 0 Å². The SMILES string of the molecule is COc1ccc(N(C(=O)c2snc(C(N)=O)c2N)C(C(=O)NCCC(C)C)c2ccc(C)o2)c(OC)c1. The summed E-state index contributed by atoms with van der Waals surface area (Å²) in [6.45, 7) is 6.21. The average molecular weight is 530 g/mol. The largest absolute Gasteiger partial charge is 0.497 e. The topological polar surface area (TPSA) is 163 Å². The number of aryl methyl sites for hydroxylation is 1. The molecule has 1 atom stereocenters. The van der Waals surface area contributed by atoms with Crippen molar-refractivity contribution in [3.8, 4) is 11.5 Å². The number of amides is 3. The number of nitrogens with one attached hydrogen (secondary N) is 1. The molecule has 1 aromatic carbocycles. The number of anilines is 2. The molecule has 0 fully saturated rings. The molecule has 3 amide bonds. The van der Waals surface area contributed by atoms with Gasteiger partial charge in [0.15, 0.2) is 11.7 Å². The fourth-order valence-corrected chi connectivity index (χ4v) is 4.39. The number of nitrogen functional groups attached to an aromatic ring is 1. The molecule has 3 rings (SSSR count). The Morgan fingerprint density at radius 3 is 2.43 bits per heavy atom. The van der Waals surface area contributed by atoms with Crippen LogP contribution in [-0.4, -0.2) is 42.9 Å². The van der Waals surface area contributed by atoms with E-state index in [1.165, 1.54) is 19.1 Å². The van der Waals surface area contributed by atoms with E-state index < -0.39 is 23.8 Å². The van der Waals surface area contributed by atoms with Gasteiger partial charge < -0.3 is 30.7 Å². The van der Waals surface area contributed by atoms with Crippen molar-refractivity contribution in [2.75, 3.05) is 31.4 Å². The van der Waals surface area contributed by atoms with Gasteiger partial charge >= 0.3 is 0 Å². The molecule has 0 aliphatic heterocycles. The van der Waals surface area contributed by atoms with Crippen molar-refractivity contribution in [1.82, 2.24) is 9.69 Å². The molecule has 198 valence electrons. The van der Waals surface area contributed by atoms with Gasteiger partial charge in [0.1, 0.15) is 27.9 Å². The van der Waals surface area contributed by atoms with Gasteiger partial charge in [-0.2, -0.15) is 4.37 Å². The number of ether oxygens (including phenoxy) is 2. The van der Waals surface area contributed by atoms with Crippen molar-refractivity contribution < 1.29 is 28.3 Å². The first kappa shape index (κ1) is 27.5. The number of nitrogens with two attached hydrogens (primary N) is 2. The minimum atomic E-state index is -1.24. The molecular formula is C25H31N5O6S. The molecule has 12 heteroatoms. The summed E-state index contributed by atoms with van der Waals surface area (Å²) >= 11 is 0.713. The molecule has 11 nitrogen and oxygen atoms in total. The molecule has 37 heavy (non-hydrogen) atoms. The van der Waals surface area contributed by atoms with Gasteiger partial charge in [0.2, 0.25) is 0 Å². The second kappa shape index (κ2) is 11.8. The fourth-order valence-electron chi connectivity index (χ4n) is 3.64. The second-order valence-electron chi connectivity index (χ2n) is 8.68. The summed E-state index contributed by atoms with van der Waals surface area (Å²) < 4.78 is 20.6. The predicted octanol–water partition coefficient (Wildman–Crippen LogP) is 3.29. The normalized spacial score (nSPS) is 11.7. The van der Waals surface area contributed by atoms with Gasteiger partial charge in [0.25, 0.3) is 17.7 Å². The van der Waals surface area contributed by atoms with Crippen molar-refractivity contribution in [2.45, 2.75) is 33.2 Å². The maximum atomic E-state index is 14.1. The Kier molecular flexibility index (Phi) is 8.77. The van der Waals surface area contributed by atoms with E-state index in [1.54, 1.807) is 37.3 Å². The molecule has 1 unspecified atom stereocenters. The number of hydrogen-bond donors (Lipinski definition) is 3. The van der Waals surface area contributed by atoms with E-state index in [4.69, 9.17) is 25.4 Å². The summed E-state index contributed by atoms with van der Waals surface area (Å²) in [6, 6.07) is 6.89. The predicted molar refractivity (Wildman–Crippen MR) is 140 cm³/mol. The van der Waals surface area contributed by atoms with E-state index in [9.17, 15) is 14.4 Å². The smallest absolute Gasteiger partial charge is 0.273 e. The maximum absolute atomic E-state index is 14.1. The zero-order valence-electron chi connectivity index (χ0n) is 21.4. The van der Waals surface area contributed by atoms with Crippen LogP contribution < -0.4 is 31.2 Å². The average Bonchev–Trinajstić information content (AvgIpc) is 3.46. The third kappa shape index (κ3) is 6.02. The Balaban J connectivity index is 2.22. The third-order valence-corrected chi connectivity index (χ3v) is 6.43. The summed E-state index contributed by atoms with van der Waals surface area (Å²) in [5.74, 6) is -0.161. The molecule has 2 heterocycles. The van der Waals surface area contributed by atoms with Crippen molar-refractivity contribution >= 4 is 40.6 Å². The summed E-state index contributed by atoms with van der Waals surface area (Å²) in [5.41, 5.74) is 11.3. The summed E-state index contributed by atoms with van der Waals surface area (Å²) in [4.78, 5) is 40.7. The van der Waals surface area contributed by atoms with Crippen molar-refractivity contribution in [2.24, 2.45) is 11.7 Å². The molecule has 2 aromatic heterocycles. The number of furan rings is 1. The Morgan fingerprint density at radius 1 is 1.16 bits per heavy atom. The summed E-state index contributed by atoms with van der Waals surface area (Å²) in [6.07, 6.45) is 0.735. The lowest BCUT2D eigenvalue weighted by Crippen LogP contribution is -2.44. The van der Waals surface area contributed by atoms with Gasteiger partial charge in [-0.05, 0) is 55.1 Å². The molecule has 0 aliphatic carbocycles. The van der Waals surface area contributed by atoms with E-state index in [0.717, 1.165) is 6.42 Å². The van der Waals surface area contributed by atoms with Crippen LogP contribution in [0.3, 0.4) is 0 Å². The van der Waals surface area contributed by atoms with Gasteiger partial charge in [0.05, 0.1) is 25.6 Å². The van der Waals surface area contributed by atoms with Gasteiger partial charge in [-0.25, -0.2) is 0 Å². The molecular weight excluding hydrogens is 498 g/mol. The second-order valence-corrected chi connectivity index (χ2v) is 9.45. The highest BCUT2D eigenvalue weighted by Crippen LogP contribution is 2.40. The van der Waals surface area contributed by atoms with Crippen LogP contribution in [-0.2, 0) is 4.79 Å². The maximum Gasteiger partial charge on any atom is 0.273 e. The first-order valence-corrected chi connectivity index (χ1v) is 12.3. The van der Waals surface area contributed by atoms with Crippen LogP contribution in [0.4, 0.5) is 11.4 Å². The quantitative estimate of drug-likeness (QED) is 0.341. The number of nitrogens with zero attached hydrogens (tertiary/aromatic N) is 2. The van der Waals surface area contributed by atoms with Crippen molar-refractivity contribution in [1.29, 1.82) is 0 Å². The Bertz CT molecular complexity index is 1280. The summed E-state index contributed by atoms with van der Waals surface area (Å²) in [7, 11) is 2.93. The number of primary amides is 1. The minimum absolute atomic E-state index is 0.0603.